The maximum absolute atomic E-state index is 11.9. The highest BCUT2D eigenvalue weighted by Gasteiger charge is 2.09. The van der Waals surface area contributed by atoms with Crippen LogP contribution in [0.25, 0.3) is 6.08 Å². The molecule has 0 aliphatic heterocycles. The number of halogens is 2. The Bertz CT molecular complexity index is 811. The van der Waals surface area contributed by atoms with Gasteiger partial charge >= 0.3 is 5.97 Å². The molecule has 0 spiro atoms. The molecular weight excluding hydrogens is 361 g/mol. The fourth-order valence-electron chi connectivity index (χ4n) is 2.17. The molecule has 0 radical (unpaired) electrons. The van der Waals surface area contributed by atoms with Crippen LogP contribution in [0.4, 0.5) is 5.69 Å². The summed E-state index contributed by atoms with van der Waals surface area (Å²) in [6, 6.07) is 10.6. The Morgan fingerprint density at radius 3 is 2.44 bits per heavy atom. The molecule has 25 heavy (non-hydrogen) atoms. The van der Waals surface area contributed by atoms with E-state index >= 15 is 0 Å². The smallest absolute Gasteiger partial charge is 0.331 e. The molecule has 1 amide bonds. The number of aryl methyl sites for hydroxylation is 2. The molecule has 4 nitrogen and oxygen atoms in total. The molecule has 0 aliphatic carbocycles. The lowest BCUT2D eigenvalue weighted by molar-refractivity contribution is -0.142. The highest BCUT2D eigenvalue weighted by molar-refractivity contribution is 6.35. The summed E-state index contributed by atoms with van der Waals surface area (Å²) in [4.78, 5) is 23.7. The summed E-state index contributed by atoms with van der Waals surface area (Å²) in [7, 11) is 0. The van der Waals surface area contributed by atoms with Crippen molar-refractivity contribution in [1.29, 1.82) is 0 Å². The largest absolute Gasteiger partial charge is 0.452 e. The number of nitrogens with one attached hydrogen (secondary N) is 1. The zero-order chi connectivity index (χ0) is 18.4. The van der Waals surface area contributed by atoms with E-state index in [9.17, 15) is 9.59 Å². The van der Waals surface area contributed by atoms with Crippen LogP contribution < -0.4 is 5.32 Å². The number of hydrogen-bond acceptors (Lipinski definition) is 3. The van der Waals surface area contributed by atoms with Crippen molar-refractivity contribution in [2.45, 2.75) is 13.8 Å². The van der Waals surface area contributed by atoms with Gasteiger partial charge in [0.05, 0.1) is 0 Å². The molecule has 6 heteroatoms. The molecule has 0 saturated carbocycles. The first kappa shape index (κ1) is 19.0. The molecule has 2 aromatic rings. The third kappa shape index (κ3) is 5.62. The van der Waals surface area contributed by atoms with Gasteiger partial charge in [-0.05, 0) is 48.7 Å². The zero-order valence-corrected chi connectivity index (χ0v) is 15.3. The monoisotopic (exact) mass is 377 g/mol. The first-order chi connectivity index (χ1) is 11.9. The number of para-hydroxylation sites is 1. The normalized spacial score (nSPS) is 10.7. The van der Waals surface area contributed by atoms with Crippen LogP contribution in [0.5, 0.6) is 0 Å². The van der Waals surface area contributed by atoms with Crippen molar-refractivity contribution in [3.8, 4) is 0 Å². The molecule has 0 heterocycles. The topological polar surface area (TPSA) is 55.4 Å². The number of carbonyl (C=O) groups is 2. The van der Waals surface area contributed by atoms with Crippen LogP contribution >= 0.6 is 23.2 Å². The van der Waals surface area contributed by atoms with Gasteiger partial charge in [0.1, 0.15) is 0 Å². The van der Waals surface area contributed by atoms with Gasteiger partial charge in [0, 0.05) is 21.8 Å². The average molecular weight is 378 g/mol. The second kappa shape index (κ2) is 8.70. The van der Waals surface area contributed by atoms with E-state index in [1.54, 1.807) is 18.2 Å². The molecule has 0 saturated heterocycles. The Hall–Kier alpha value is -2.30. The second-order valence-corrected chi connectivity index (χ2v) is 6.27. The van der Waals surface area contributed by atoms with Crippen molar-refractivity contribution in [2.24, 2.45) is 0 Å². The third-order valence-electron chi connectivity index (χ3n) is 3.45. The molecule has 0 bridgehead atoms. The molecule has 130 valence electrons. The van der Waals surface area contributed by atoms with Crippen LogP contribution in [-0.4, -0.2) is 18.5 Å². The summed E-state index contributed by atoms with van der Waals surface area (Å²) in [5.74, 6) is -1.04. The van der Waals surface area contributed by atoms with E-state index in [0.717, 1.165) is 16.8 Å². The highest BCUT2D eigenvalue weighted by Crippen LogP contribution is 2.22. The van der Waals surface area contributed by atoms with Crippen molar-refractivity contribution in [3.05, 3.63) is 69.2 Å². The molecular formula is C19H17Cl2NO3. The Balaban J connectivity index is 1.89. The minimum atomic E-state index is -0.636. The van der Waals surface area contributed by atoms with Crippen molar-refractivity contribution in [2.75, 3.05) is 11.9 Å². The average Bonchev–Trinajstić information content (AvgIpc) is 2.55. The summed E-state index contributed by atoms with van der Waals surface area (Å²) in [6.07, 6.45) is 2.71. The number of rotatable bonds is 5. The standard InChI is InChI=1S/C19H17Cl2NO3/c1-12-4-3-5-13(2)19(12)22-17(23)11-25-18(24)9-7-14-6-8-15(20)10-16(14)21/h3-10H,11H2,1-2H3,(H,22,23)/b9-7+. The maximum Gasteiger partial charge on any atom is 0.331 e. The lowest BCUT2D eigenvalue weighted by atomic mass is 10.1. The number of benzene rings is 2. The number of carbonyl (C=O) groups excluding carboxylic acids is 2. The molecule has 2 rings (SSSR count). The summed E-state index contributed by atoms with van der Waals surface area (Å²) in [5.41, 5.74) is 3.24. The fraction of sp³-hybridized carbons (Fsp3) is 0.158. The van der Waals surface area contributed by atoms with Gasteiger partial charge < -0.3 is 10.1 Å². The number of amides is 1. The van der Waals surface area contributed by atoms with Crippen LogP contribution in [0.3, 0.4) is 0 Å². The summed E-state index contributed by atoms with van der Waals surface area (Å²) in [5, 5.41) is 3.67. The van der Waals surface area contributed by atoms with Gasteiger partial charge in [0.25, 0.3) is 5.91 Å². The van der Waals surface area contributed by atoms with Crippen molar-refractivity contribution >= 4 is 46.8 Å². The molecule has 0 fully saturated rings. The van der Waals surface area contributed by atoms with Crippen molar-refractivity contribution in [3.63, 3.8) is 0 Å². The zero-order valence-electron chi connectivity index (χ0n) is 13.8. The molecule has 0 aromatic heterocycles. The van der Waals surface area contributed by atoms with Gasteiger partial charge in [0.2, 0.25) is 0 Å². The van der Waals surface area contributed by atoms with Crippen LogP contribution in [-0.2, 0) is 14.3 Å². The number of esters is 1. The third-order valence-corrected chi connectivity index (χ3v) is 4.01. The van der Waals surface area contributed by atoms with Gasteiger partial charge in [-0.1, -0.05) is 47.5 Å². The van der Waals surface area contributed by atoms with Crippen LogP contribution in [0.2, 0.25) is 10.0 Å². The highest BCUT2D eigenvalue weighted by atomic mass is 35.5. The van der Waals surface area contributed by atoms with Crippen molar-refractivity contribution < 1.29 is 14.3 Å². The Morgan fingerprint density at radius 2 is 1.80 bits per heavy atom. The van der Waals surface area contributed by atoms with Gasteiger partial charge in [-0.2, -0.15) is 0 Å². The lowest BCUT2D eigenvalue weighted by Gasteiger charge is -2.11. The predicted octanol–water partition coefficient (Wildman–Crippen LogP) is 4.81. The molecule has 0 aliphatic rings. The SMILES string of the molecule is Cc1cccc(C)c1NC(=O)COC(=O)/C=C/c1ccc(Cl)cc1Cl. The minimum Gasteiger partial charge on any atom is -0.452 e. The van der Waals surface area contributed by atoms with Crippen LogP contribution in [0, 0.1) is 13.8 Å². The quantitative estimate of drug-likeness (QED) is 0.600. The Morgan fingerprint density at radius 1 is 1.12 bits per heavy atom. The molecule has 2 aromatic carbocycles. The van der Waals surface area contributed by atoms with E-state index < -0.39 is 11.9 Å². The first-order valence-electron chi connectivity index (χ1n) is 7.53. The van der Waals surface area contributed by atoms with Gasteiger partial charge in [-0.25, -0.2) is 4.79 Å². The predicted molar refractivity (Wildman–Crippen MR) is 101 cm³/mol. The summed E-state index contributed by atoms with van der Waals surface area (Å²) >= 11 is 11.8. The lowest BCUT2D eigenvalue weighted by Crippen LogP contribution is -2.21. The number of ether oxygens (including phenoxy) is 1. The van der Waals surface area contributed by atoms with E-state index in [4.69, 9.17) is 27.9 Å². The Kier molecular flexibility index (Phi) is 6.62. The first-order valence-corrected chi connectivity index (χ1v) is 8.28. The summed E-state index contributed by atoms with van der Waals surface area (Å²) in [6.45, 7) is 3.42. The number of hydrogen-bond donors (Lipinski definition) is 1. The van der Waals surface area contributed by atoms with Crippen LogP contribution in [0.15, 0.2) is 42.5 Å². The summed E-state index contributed by atoms with van der Waals surface area (Å²) < 4.78 is 4.93. The molecule has 0 unspecified atom stereocenters. The van der Waals surface area contributed by atoms with Gasteiger partial charge in [0.15, 0.2) is 6.61 Å². The van der Waals surface area contributed by atoms with Crippen molar-refractivity contribution in [1.82, 2.24) is 0 Å². The second-order valence-electron chi connectivity index (χ2n) is 5.42. The molecule has 0 atom stereocenters. The van der Waals surface area contributed by atoms with E-state index in [-0.39, 0.29) is 6.61 Å². The van der Waals surface area contributed by atoms with Gasteiger partial charge in [-0.15, -0.1) is 0 Å². The molecule has 1 N–H and O–H groups in total. The van der Waals surface area contributed by atoms with Crippen LogP contribution in [0.1, 0.15) is 16.7 Å². The van der Waals surface area contributed by atoms with Gasteiger partial charge in [-0.3, -0.25) is 4.79 Å². The van der Waals surface area contributed by atoms with E-state index in [0.29, 0.717) is 15.6 Å². The van der Waals surface area contributed by atoms with E-state index in [2.05, 4.69) is 5.32 Å². The van der Waals surface area contributed by atoms with E-state index in [1.165, 1.54) is 12.2 Å². The maximum atomic E-state index is 11.9. The Labute approximate surface area is 156 Å². The fourth-order valence-corrected chi connectivity index (χ4v) is 2.64. The minimum absolute atomic E-state index is 0.370. The van der Waals surface area contributed by atoms with E-state index in [1.807, 2.05) is 32.0 Å². The number of anilines is 1.